The van der Waals surface area contributed by atoms with Crippen molar-refractivity contribution in [3.8, 4) is 0 Å². The average molecular weight is 374 g/mol. The highest BCUT2D eigenvalue weighted by Crippen LogP contribution is 2.28. The Morgan fingerprint density at radius 3 is 2.58 bits per heavy atom. The molecule has 1 aromatic carbocycles. The normalized spacial score (nSPS) is 21.8. The van der Waals surface area contributed by atoms with Crippen LogP contribution in [0.15, 0.2) is 34.2 Å². The van der Waals surface area contributed by atoms with E-state index >= 15 is 0 Å². The molecule has 0 N–H and O–H groups in total. The van der Waals surface area contributed by atoms with Crippen LogP contribution in [0.25, 0.3) is 10.9 Å². The lowest BCUT2D eigenvalue weighted by Gasteiger charge is -2.40. The Balaban J connectivity index is 1.90. The van der Waals surface area contributed by atoms with Gasteiger partial charge in [-0.2, -0.15) is 0 Å². The number of amides is 1. The van der Waals surface area contributed by atoms with Gasteiger partial charge in [0.15, 0.2) is 5.16 Å². The molecule has 5 nitrogen and oxygen atoms in total. The number of likely N-dealkylation sites (tertiary alicyclic amines) is 1. The van der Waals surface area contributed by atoms with Crippen molar-refractivity contribution in [1.82, 2.24) is 14.5 Å². The molecule has 26 heavy (non-hydrogen) atoms. The number of rotatable bonds is 4. The minimum absolute atomic E-state index is 0.0417. The molecule has 140 valence electrons. The zero-order valence-electron chi connectivity index (χ0n) is 15.9. The number of fused-ring (bicyclic) bond motifs is 1. The second-order valence-electron chi connectivity index (χ2n) is 7.10. The first-order valence-corrected chi connectivity index (χ1v) is 10.3. The number of hydrogen-bond acceptors (Lipinski definition) is 4. The van der Waals surface area contributed by atoms with Gasteiger partial charge in [0.05, 0.1) is 16.2 Å². The molecule has 0 spiro atoms. The van der Waals surface area contributed by atoms with E-state index in [1.165, 1.54) is 18.2 Å². The SMILES string of the molecule is CCn1c(S[C@H](C)C(=O)N2[C@@H](C)CCC[C@@H]2C)nc2ccccc2c1=O. The van der Waals surface area contributed by atoms with Crippen LogP contribution < -0.4 is 5.56 Å². The van der Waals surface area contributed by atoms with Gasteiger partial charge >= 0.3 is 0 Å². The minimum Gasteiger partial charge on any atom is -0.336 e. The highest BCUT2D eigenvalue weighted by Gasteiger charge is 2.32. The molecule has 3 atom stereocenters. The fourth-order valence-corrected chi connectivity index (χ4v) is 4.82. The highest BCUT2D eigenvalue weighted by molar-refractivity contribution is 8.00. The van der Waals surface area contributed by atoms with Crippen LogP contribution in [-0.4, -0.2) is 37.7 Å². The van der Waals surface area contributed by atoms with Crippen LogP contribution in [-0.2, 0) is 11.3 Å². The highest BCUT2D eigenvalue weighted by atomic mass is 32.2. The molecule has 6 heteroatoms. The molecule has 1 saturated heterocycles. The van der Waals surface area contributed by atoms with Gasteiger partial charge in [0.25, 0.3) is 5.56 Å². The number of aromatic nitrogens is 2. The predicted molar refractivity (Wildman–Crippen MR) is 107 cm³/mol. The Hall–Kier alpha value is -1.82. The second kappa shape index (κ2) is 7.82. The van der Waals surface area contributed by atoms with Gasteiger partial charge in [-0.25, -0.2) is 4.98 Å². The summed E-state index contributed by atoms with van der Waals surface area (Å²) in [6.45, 7) is 8.64. The first-order valence-electron chi connectivity index (χ1n) is 9.42. The quantitative estimate of drug-likeness (QED) is 0.606. The summed E-state index contributed by atoms with van der Waals surface area (Å²) >= 11 is 1.39. The number of para-hydroxylation sites is 1. The predicted octanol–water partition coefficient (Wildman–Crippen LogP) is 3.69. The van der Waals surface area contributed by atoms with Gasteiger partial charge in [-0.05, 0) is 59.1 Å². The Kier molecular flexibility index (Phi) is 5.70. The van der Waals surface area contributed by atoms with Gasteiger partial charge < -0.3 is 4.90 Å². The number of hydrogen-bond donors (Lipinski definition) is 0. The molecular weight excluding hydrogens is 346 g/mol. The molecule has 0 aliphatic carbocycles. The Bertz CT molecular complexity index is 854. The van der Waals surface area contributed by atoms with Gasteiger partial charge in [-0.15, -0.1) is 0 Å². The van der Waals surface area contributed by atoms with E-state index in [2.05, 4.69) is 18.8 Å². The van der Waals surface area contributed by atoms with E-state index in [9.17, 15) is 9.59 Å². The lowest BCUT2D eigenvalue weighted by molar-refractivity contribution is -0.136. The van der Waals surface area contributed by atoms with Crippen LogP contribution in [0.1, 0.15) is 47.0 Å². The van der Waals surface area contributed by atoms with E-state index in [0.29, 0.717) is 22.6 Å². The number of thioether (sulfide) groups is 1. The van der Waals surface area contributed by atoms with Crippen LogP contribution in [0.5, 0.6) is 0 Å². The van der Waals surface area contributed by atoms with Gasteiger partial charge in [0.1, 0.15) is 0 Å². The van der Waals surface area contributed by atoms with Gasteiger partial charge in [-0.1, -0.05) is 23.9 Å². The van der Waals surface area contributed by atoms with Crippen molar-refractivity contribution < 1.29 is 4.79 Å². The summed E-state index contributed by atoms with van der Waals surface area (Å²) in [4.78, 5) is 32.5. The topological polar surface area (TPSA) is 55.2 Å². The van der Waals surface area contributed by atoms with Gasteiger partial charge in [0.2, 0.25) is 5.91 Å². The second-order valence-corrected chi connectivity index (χ2v) is 8.40. The third kappa shape index (κ3) is 3.52. The Morgan fingerprint density at radius 1 is 1.27 bits per heavy atom. The van der Waals surface area contributed by atoms with Crippen molar-refractivity contribution in [1.29, 1.82) is 0 Å². The van der Waals surface area contributed by atoms with Crippen molar-refractivity contribution in [2.75, 3.05) is 0 Å². The molecule has 0 saturated carbocycles. The molecule has 1 aliphatic heterocycles. The molecule has 0 unspecified atom stereocenters. The zero-order valence-corrected chi connectivity index (χ0v) is 16.8. The van der Waals surface area contributed by atoms with Crippen molar-refractivity contribution in [2.45, 2.75) is 76.0 Å². The van der Waals surface area contributed by atoms with Gasteiger partial charge in [0, 0.05) is 18.6 Å². The molecule has 1 amide bonds. The molecule has 1 aromatic heterocycles. The maximum absolute atomic E-state index is 13.1. The summed E-state index contributed by atoms with van der Waals surface area (Å²) in [5.41, 5.74) is 0.643. The van der Waals surface area contributed by atoms with E-state index in [1.54, 1.807) is 10.6 Å². The first-order chi connectivity index (χ1) is 12.4. The van der Waals surface area contributed by atoms with Crippen molar-refractivity contribution in [3.63, 3.8) is 0 Å². The monoisotopic (exact) mass is 373 g/mol. The molecule has 1 fully saturated rings. The lowest BCUT2D eigenvalue weighted by atomic mass is 9.97. The number of carbonyl (C=O) groups excluding carboxylic acids is 1. The Labute approximate surface area is 158 Å². The molecule has 0 bridgehead atoms. The van der Waals surface area contributed by atoms with Crippen molar-refractivity contribution >= 4 is 28.6 Å². The fourth-order valence-electron chi connectivity index (χ4n) is 3.79. The largest absolute Gasteiger partial charge is 0.336 e. The summed E-state index contributed by atoms with van der Waals surface area (Å²) in [5, 5.41) is 0.967. The molecule has 0 radical (unpaired) electrons. The Morgan fingerprint density at radius 2 is 1.92 bits per heavy atom. The molecular formula is C20H27N3O2S. The van der Waals surface area contributed by atoms with Crippen molar-refractivity contribution in [2.24, 2.45) is 0 Å². The van der Waals surface area contributed by atoms with Gasteiger partial charge in [-0.3, -0.25) is 14.2 Å². The fraction of sp³-hybridized carbons (Fsp3) is 0.550. The summed E-state index contributed by atoms with van der Waals surface area (Å²) < 4.78 is 1.67. The average Bonchev–Trinajstić information content (AvgIpc) is 2.61. The minimum atomic E-state index is -0.274. The number of nitrogens with zero attached hydrogens (tertiary/aromatic N) is 3. The van der Waals surface area contributed by atoms with Crippen LogP contribution in [0.3, 0.4) is 0 Å². The maximum Gasteiger partial charge on any atom is 0.262 e. The smallest absolute Gasteiger partial charge is 0.262 e. The van der Waals surface area contributed by atoms with Crippen molar-refractivity contribution in [3.05, 3.63) is 34.6 Å². The van der Waals surface area contributed by atoms with E-state index in [4.69, 9.17) is 0 Å². The third-order valence-electron chi connectivity index (χ3n) is 5.22. The number of carbonyl (C=O) groups is 1. The van der Waals surface area contributed by atoms with E-state index in [1.807, 2.05) is 36.9 Å². The lowest BCUT2D eigenvalue weighted by Crippen LogP contribution is -2.50. The summed E-state index contributed by atoms with van der Waals surface area (Å²) in [6, 6.07) is 7.92. The zero-order chi connectivity index (χ0) is 18.8. The van der Waals surface area contributed by atoms with E-state index < -0.39 is 0 Å². The summed E-state index contributed by atoms with van der Waals surface area (Å²) in [5.74, 6) is 0.139. The molecule has 2 heterocycles. The van der Waals surface area contributed by atoms with E-state index in [-0.39, 0.29) is 28.8 Å². The third-order valence-corrected chi connectivity index (χ3v) is 6.30. The number of benzene rings is 1. The standard InChI is InChI=1S/C20H27N3O2S/c1-5-22-19(25)16-11-6-7-12-17(16)21-20(22)26-15(4)18(24)23-13(2)9-8-10-14(23)3/h6-7,11-15H,5,8-10H2,1-4H3/t13-,14-,15+/m0/s1. The summed E-state index contributed by atoms with van der Waals surface area (Å²) in [6.07, 6.45) is 3.29. The van der Waals surface area contributed by atoms with Crippen LogP contribution in [0.2, 0.25) is 0 Å². The first kappa shape index (κ1) is 19.0. The molecule has 1 aliphatic rings. The molecule has 2 aromatic rings. The maximum atomic E-state index is 13.1. The number of piperidine rings is 1. The van der Waals surface area contributed by atoms with Crippen LogP contribution in [0, 0.1) is 0 Å². The van der Waals surface area contributed by atoms with Crippen LogP contribution >= 0.6 is 11.8 Å². The molecule has 3 rings (SSSR count). The van der Waals surface area contributed by atoms with E-state index in [0.717, 1.165) is 12.8 Å². The summed E-state index contributed by atoms with van der Waals surface area (Å²) in [7, 11) is 0. The van der Waals surface area contributed by atoms with Crippen LogP contribution in [0.4, 0.5) is 0 Å².